The van der Waals surface area contributed by atoms with Gasteiger partial charge in [0.2, 0.25) is 0 Å². The number of aliphatic imine (C=N–C) groups is 1. The fraction of sp³-hybridized carbons (Fsp3) is 0.467. The molecule has 3 aliphatic heterocycles. The van der Waals surface area contributed by atoms with E-state index in [4.69, 9.17) is 20.8 Å². The van der Waals surface area contributed by atoms with Gasteiger partial charge in [-0.1, -0.05) is 11.6 Å². The quantitative estimate of drug-likeness (QED) is 0.874. The first kappa shape index (κ1) is 12.7. The number of aromatic nitrogens is 1. The molecule has 22 heavy (non-hydrogen) atoms. The Bertz CT molecular complexity index is 789. The lowest BCUT2D eigenvalue weighted by molar-refractivity contribution is 0.0363. The summed E-state index contributed by atoms with van der Waals surface area (Å²) in [5, 5.41) is 3.68. The first-order valence-electron chi connectivity index (χ1n) is 7.49. The first-order chi connectivity index (χ1) is 10.7. The number of halogens is 1. The van der Waals surface area contributed by atoms with Crippen molar-refractivity contribution in [1.82, 2.24) is 9.88 Å². The number of nitrogens with zero attached hydrogens (tertiary/aromatic N) is 3. The molecule has 1 unspecified atom stereocenters. The molecule has 0 amide bonds. The highest BCUT2D eigenvalue weighted by molar-refractivity contribution is 6.31. The summed E-state index contributed by atoms with van der Waals surface area (Å²) in [7, 11) is 0. The maximum Gasteiger partial charge on any atom is 0.303 e. The van der Waals surface area contributed by atoms with Crippen molar-refractivity contribution in [3.05, 3.63) is 23.2 Å². The number of ether oxygens (including phenoxy) is 1. The smallest absolute Gasteiger partial charge is 0.303 e. The highest BCUT2D eigenvalue weighted by Gasteiger charge is 2.54. The predicted molar refractivity (Wildman–Crippen MR) is 83.3 cm³/mol. The molecule has 3 aliphatic rings. The molecule has 1 spiro atoms. The van der Waals surface area contributed by atoms with Gasteiger partial charge in [0.25, 0.3) is 6.02 Å². The van der Waals surface area contributed by atoms with Gasteiger partial charge < -0.3 is 9.15 Å². The van der Waals surface area contributed by atoms with Crippen LogP contribution in [0.3, 0.4) is 0 Å². The summed E-state index contributed by atoms with van der Waals surface area (Å²) >= 11 is 5.96. The molecule has 5 rings (SSSR count). The summed E-state index contributed by atoms with van der Waals surface area (Å²) < 4.78 is 11.8. The number of hydrogen-bond acceptors (Lipinski definition) is 6. The largest absolute Gasteiger partial charge is 0.455 e. The molecule has 114 valence electrons. The van der Waals surface area contributed by atoms with E-state index in [0.717, 1.165) is 13.1 Å². The van der Waals surface area contributed by atoms with Gasteiger partial charge in [0, 0.05) is 24.0 Å². The maximum absolute atomic E-state index is 6.14. The molecule has 2 aromatic rings. The second-order valence-electron chi connectivity index (χ2n) is 6.26. The second kappa shape index (κ2) is 4.36. The van der Waals surface area contributed by atoms with Crippen molar-refractivity contribution in [2.24, 2.45) is 10.9 Å². The Hall–Kier alpha value is -1.79. The maximum atomic E-state index is 6.14. The molecule has 1 aromatic carbocycles. The number of piperidine rings is 1. The highest BCUT2D eigenvalue weighted by atomic mass is 35.5. The minimum absolute atomic E-state index is 0.143. The summed E-state index contributed by atoms with van der Waals surface area (Å²) in [5.41, 5.74) is 1.26. The zero-order valence-electron chi connectivity index (χ0n) is 11.9. The molecule has 1 aromatic heterocycles. The van der Waals surface area contributed by atoms with Gasteiger partial charge in [-0.05, 0) is 31.2 Å². The van der Waals surface area contributed by atoms with Crippen molar-refractivity contribution in [3.8, 4) is 0 Å². The number of benzene rings is 1. The van der Waals surface area contributed by atoms with Crippen LogP contribution in [0.5, 0.6) is 0 Å². The Morgan fingerprint density at radius 1 is 1.41 bits per heavy atom. The molecule has 6 nitrogen and oxygen atoms in total. The lowest BCUT2D eigenvalue weighted by Gasteiger charge is -2.31. The molecule has 7 heteroatoms. The van der Waals surface area contributed by atoms with Crippen LogP contribution in [0.2, 0.25) is 5.02 Å². The predicted octanol–water partition coefficient (Wildman–Crippen LogP) is 2.35. The average molecular weight is 319 g/mol. The van der Waals surface area contributed by atoms with Crippen LogP contribution >= 0.6 is 11.6 Å². The number of nitrogens with one attached hydrogen (secondary N) is 1. The molecule has 0 radical (unpaired) electrons. The first-order valence-corrected chi connectivity index (χ1v) is 7.87. The molecule has 0 saturated carbocycles. The number of fused-ring (bicyclic) bond motifs is 4. The normalized spacial score (nSPS) is 32.7. The molecular formula is C15H15ClN4O2. The number of rotatable bonds is 1. The number of anilines is 1. The highest BCUT2D eigenvalue weighted by Crippen LogP contribution is 2.41. The summed E-state index contributed by atoms with van der Waals surface area (Å²) in [6, 6.07) is 6.25. The van der Waals surface area contributed by atoms with E-state index in [9.17, 15) is 0 Å². The van der Waals surface area contributed by atoms with Crippen LogP contribution in [0.4, 0.5) is 6.01 Å². The Balaban J connectivity index is 1.35. The van der Waals surface area contributed by atoms with Gasteiger partial charge in [-0.15, -0.1) is 0 Å². The monoisotopic (exact) mass is 318 g/mol. The minimum atomic E-state index is -0.143. The number of hydrogen-bond donors (Lipinski definition) is 1. The van der Waals surface area contributed by atoms with Crippen LogP contribution in [-0.4, -0.2) is 47.7 Å². The molecule has 2 fully saturated rings. The Morgan fingerprint density at radius 2 is 2.36 bits per heavy atom. The molecule has 0 aliphatic carbocycles. The molecule has 3 atom stereocenters. The van der Waals surface area contributed by atoms with Crippen molar-refractivity contribution in [3.63, 3.8) is 0 Å². The summed E-state index contributed by atoms with van der Waals surface area (Å²) in [6.45, 7) is 3.99. The number of oxazole rings is 1. The molecule has 4 heterocycles. The second-order valence-corrected chi connectivity index (χ2v) is 6.70. The van der Waals surface area contributed by atoms with E-state index >= 15 is 0 Å². The van der Waals surface area contributed by atoms with Crippen LogP contribution in [0.15, 0.2) is 27.6 Å². The fourth-order valence-corrected chi connectivity index (χ4v) is 3.95. The van der Waals surface area contributed by atoms with Crippen molar-refractivity contribution >= 4 is 34.7 Å². The van der Waals surface area contributed by atoms with Gasteiger partial charge in [0.05, 0.1) is 6.54 Å². The van der Waals surface area contributed by atoms with Crippen molar-refractivity contribution < 1.29 is 9.15 Å². The van der Waals surface area contributed by atoms with Gasteiger partial charge in [-0.2, -0.15) is 4.98 Å². The summed E-state index contributed by atoms with van der Waals surface area (Å²) in [4.78, 5) is 11.3. The minimum Gasteiger partial charge on any atom is -0.455 e. The SMILES string of the molecule is Clc1ccc2oc(NC3=NC[C@@]4(CN5CC[C@@H]4C5)O3)nc2c1. The molecule has 2 saturated heterocycles. The zero-order chi connectivity index (χ0) is 14.7. The Labute approximate surface area is 132 Å². The topological polar surface area (TPSA) is 62.9 Å². The van der Waals surface area contributed by atoms with E-state index in [-0.39, 0.29) is 5.60 Å². The fourth-order valence-electron chi connectivity index (χ4n) is 3.78. The third-order valence-corrected chi connectivity index (χ3v) is 5.10. The lowest BCUT2D eigenvalue weighted by atomic mass is 9.88. The van der Waals surface area contributed by atoms with Crippen LogP contribution in [0.1, 0.15) is 6.42 Å². The molecular weight excluding hydrogens is 304 g/mol. The van der Waals surface area contributed by atoms with Gasteiger partial charge in [-0.3, -0.25) is 10.2 Å². The van der Waals surface area contributed by atoms with E-state index in [2.05, 4.69) is 20.2 Å². The van der Waals surface area contributed by atoms with Crippen LogP contribution in [-0.2, 0) is 4.74 Å². The van der Waals surface area contributed by atoms with Crippen LogP contribution in [0.25, 0.3) is 11.1 Å². The molecule has 1 N–H and O–H groups in total. The average Bonchev–Trinajstić information content (AvgIpc) is 3.23. The van der Waals surface area contributed by atoms with Gasteiger partial charge in [0.1, 0.15) is 11.1 Å². The van der Waals surface area contributed by atoms with E-state index in [1.54, 1.807) is 18.2 Å². The van der Waals surface area contributed by atoms with E-state index in [1.165, 1.54) is 13.0 Å². The van der Waals surface area contributed by atoms with E-state index in [0.29, 0.717) is 40.6 Å². The Morgan fingerprint density at radius 3 is 3.18 bits per heavy atom. The number of amidine groups is 1. The van der Waals surface area contributed by atoms with E-state index < -0.39 is 0 Å². The summed E-state index contributed by atoms with van der Waals surface area (Å²) in [5.74, 6) is 0.581. The van der Waals surface area contributed by atoms with Gasteiger partial charge in [-0.25, -0.2) is 4.99 Å². The third kappa shape index (κ3) is 1.84. The van der Waals surface area contributed by atoms with Crippen LogP contribution < -0.4 is 5.32 Å². The van der Waals surface area contributed by atoms with Gasteiger partial charge in [0.15, 0.2) is 5.58 Å². The summed E-state index contributed by atoms with van der Waals surface area (Å²) in [6.07, 6.45) is 1.20. The zero-order valence-corrected chi connectivity index (χ0v) is 12.6. The molecule has 2 bridgehead atoms. The van der Waals surface area contributed by atoms with Crippen molar-refractivity contribution in [2.75, 3.05) is 31.5 Å². The van der Waals surface area contributed by atoms with Crippen molar-refractivity contribution in [2.45, 2.75) is 12.0 Å². The van der Waals surface area contributed by atoms with Gasteiger partial charge >= 0.3 is 6.01 Å². The third-order valence-electron chi connectivity index (χ3n) is 4.86. The Kier molecular flexibility index (Phi) is 2.52. The van der Waals surface area contributed by atoms with Crippen molar-refractivity contribution in [1.29, 1.82) is 0 Å². The van der Waals surface area contributed by atoms with E-state index in [1.807, 2.05) is 0 Å². The standard InChI is InChI=1S/C15H15ClN4O2/c16-10-1-2-12-11(5-10)18-14(21-12)19-13-17-7-15(22-13)8-20-4-3-9(15)6-20/h1-2,5,9H,3-4,6-8H2,(H,17,18,19)/t9-,15+/m1/s1. The van der Waals surface area contributed by atoms with Crippen LogP contribution in [0, 0.1) is 5.92 Å². The lowest BCUT2D eigenvalue weighted by Crippen LogP contribution is -2.46.